The summed E-state index contributed by atoms with van der Waals surface area (Å²) < 4.78 is 6.01. The van der Waals surface area contributed by atoms with E-state index in [2.05, 4.69) is 44.3 Å². The van der Waals surface area contributed by atoms with Crippen molar-refractivity contribution in [3.8, 4) is 5.75 Å². The highest BCUT2D eigenvalue weighted by Gasteiger charge is 2.21. The van der Waals surface area contributed by atoms with Gasteiger partial charge in [-0.3, -0.25) is 0 Å². The first-order valence-corrected chi connectivity index (χ1v) is 7.70. The van der Waals surface area contributed by atoms with Crippen molar-refractivity contribution in [2.24, 2.45) is 5.92 Å². The van der Waals surface area contributed by atoms with Crippen LogP contribution >= 0.6 is 0 Å². The van der Waals surface area contributed by atoms with Crippen molar-refractivity contribution in [2.45, 2.75) is 52.5 Å². The van der Waals surface area contributed by atoms with Crippen molar-refractivity contribution < 1.29 is 4.74 Å². The first-order valence-electron chi connectivity index (χ1n) is 7.70. The number of hydrogen-bond acceptors (Lipinski definition) is 2. The topological polar surface area (TPSA) is 21.3 Å². The van der Waals surface area contributed by atoms with E-state index in [1.54, 1.807) is 0 Å². The minimum absolute atomic E-state index is 0.516. The average Bonchev–Trinajstić information content (AvgIpc) is 2.39. The maximum absolute atomic E-state index is 6.01. The van der Waals surface area contributed by atoms with Gasteiger partial charge < -0.3 is 10.1 Å². The second-order valence-corrected chi connectivity index (χ2v) is 5.86. The first-order chi connectivity index (χ1) is 9.22. The molecule has 0 amide bonds. The van der Waals surface area contributed by atoms with Crippen LogP contribution in [0, 0.1) is 5.92 Å². The van der Waals surface area contributed by atoms with Crippen molar-refractivity contribution >= 4 is 0 Å². The summed E-state index contributed by atoms with van der Waals surface area (Å²) in [6.07, 6.45) is 4.79. The van der Waals surface area contributed by atoms with Gasteiger partial charge in [-0.25, -0.2) is 0 Å². The van der Waals surface area contributed by atoms with Crippen LogP contribution in [0.3, 0.4) is 0 Å². The molecule has 106 valence electrons. The maximum atomic E-state index is 6.01. The summed E-state index contributed by atoms with van der Waals surface area (Å²) in [5, 5.41) is 3.59. The molecular formula is C17H27NO. The van der Waals surface area contributed by atoms with E-state index in [0.717, 1.165) is 31.7 Å². The Bertz CT molecular complexity index is 400. The molecular weight excluding hydrogens is 234 g/mol. The molecule has 1 aliphatic rings. The predicted octanol–water partition coefficient (Wildman–Crippen LogP) is 4.10. The van der Waals surface area contributed by atoms with Crippen LogP contribution in [0.4, 0.5) is 0 Å². The van der Waals surface area contributed by atoms with Crippen LogP contribution in [0.15, 0.2) is 18.2 Å². The van der Waals surface area contributed by atoms with Gasteiger partial charge in [0.25, 0.3) is 0 Å². The minimum atomic E-state index is 0.516. The highest BCUT2D eigenvalue weighted by atomic mass is 16.5. The third-order valence-electron chi connectivity index (χ3n) is 3.87. The first kappa shape index (κ1) is 14.4. The third kappa shape index (κ3) is 3.73. The van der Waals surface area contributed by atoms with Crippen LogP contribution in [-0.2, 0) is 6.42 Å². The van der Waals surface area contributed by atoms with Crippen molar-refractivity contribution in [3.05, 3.63) is 29.3 Å². The normalized spacial score (nSPS) is 18.4. The Hall–Kier alpha value is -1.02. The fourth-order valence-corrected chi connectivity index (χ4v) is 2.81. The van der Waals surface area contributed by atoms with Gasteiger partial charge in [0, 0.05) is 6.04 Å². The summed E-state index contributed by atoms with van der Waals surface area (Å²) in [6.45, 7) is 8.52. The highest BCUT2D eigenvalue weighted by Crippen LogP contribution is 2.35. The van der Waals surface area contributed by atoms with Gasteiger partial charge in [-0.15, -0.1) is 0 Å². The van der Waals surface area contributed by atoms with Crippen LogP contribution in [0.1, 0.15) is 57.2 Å². The summed E-state index contributed by atoms with van der Waals surface area (Å²) in [5.74, 6) is 1.81. The maximum Gasteiger partial charge on any atom is 0.122 e. The van der Waals surface area contributed by atoms with Gasteiger partial charge in [-0.2, -0.15) is 0 Å². The Balaban J connectivity index is 2.10. The zero-order valence-corrected chi connectivity index (χ0v) is 12.5. The van der Waals surface area contributed by atoms with E-state index in [1.807, 2.05) is 0 Å². The van der Waals surface area contributed by atoms with E-state index in [0.29, 0.717) is 12.0 Å². The molecule has 2 rings (SSSR count). The van der Waals surface area contributed by atoms with Gasteiger partial charge >= 0.3 is 0 Å². The molecule has 19 heavy (non-hydrogen) atoms. The number of benzene rings is 1. The van der Waals surface area contributed by atoms with E-state index >= 15 is 0 Å². The van der Waals surface area contributed by atoms with Crippen LogP contribution in [0.2, 0.25) is 0 Å². The van der Waals surface area contributed by atoms with E-state index in [-0.39, 0.29) is 0 Å². The van der Waals surface area contributed by atoms with Crippen molar-refractivity contribution in [1.82, 2.24) is 5.32 Å². The second-order valence-electron chi connectivity index (χ2n) is 5.86. The average molecular weight is 261 g/mol. The Morgan fingerprint density at radius 2 is 2.21 bits per heavy atom. The molecule has 0 heterocycles. The third-order valence-corrected chi connectivity index (χ3v) is 3.87. The lowest BCUT2D eigenvalue weighted by Crippen LogP contribution is -2.25. The van der Waals surface area contributed by atoms with Gasteiger partial charge in [0.05, 0.1) is 6.61 Å². The molecule has 0 bridgehead atoms. The molecule has 0 saturated carbocycles. The molecule has 0 fully saturated rings. The van der Waals surface area contributed by atoms with Crippen molar-refractivity contribution in [1.29, 1.82) is 0 Å². The van der Waals surface area contributed by atoms with E-state index in [4.69, 9.17) is 4.74 Å². The fourth-order valence-electron chi connectivity index (χ4n) is 2.81. The molecule has 0 radical (unpaired) electrons. The fraction of sp³-hybridized carbons (Fsp3) is 0.647. The number of ether oxygens (including phenoxy) is 1. The number of nitrogens with one attached hydrogen (secondary N) is 1. The molecule has 0 aliphatic heterocycles. The number of rotatable bonds is 6. The predicted molar refractivity (Wildman–Crippen MR) is 80.7 cm³/mol. The summed E-state index contributed by atoms with van der Waals surface area (Å²) in [5.41, 5.74) is 2.89. The molecule has 0 saturated heterocycles. The van der Waals surface area contributed by atoms with Gasteiger partial charge in [0.15, 0.2) is 0 Å². The number of hydrogen-bond donors (Lipinski definition) is 1. The van der Waals surface area contributed by atoms with E-state index < -0.39 is 0 Å². The molecule has 0 spiro atoms. The standard InChI is InChI=1S/C17H27NO/c1-4-18-16-9-5-8-15-14(16)7-6-10-17(15)19-12-11-13(2)3/h6-7,10,13,16,18H,4-5,8-9,11-12H2,1-3H3. The van der Waals surface area contributed by atoms with Gasteiger partial charge in [-0.1, -0.05) is 32.9 Å². The zero-order chi connectivity index (χ0) is 13.7. The van der Waals surface area contributed by atoms with Crippen LogP contribution in [0.25, 0.3) is 0 Å². The van der Waals surface area contributed by atoms with E-state index in [9.17, 15) is 0 Å². The summed E-state index contributed by atoms with van der Waals surface area (Å²) in [6, 6.07) is 7.05. The zero-order valence-electron chi connectivity index (χ0n) is 12.5. The molecule has 2 heteroatoms. The Morgan fingerprint density at radius 1 is 1.37 bits per heavy atom. The molecule has 0 aromatic heterocycles. The summed E-state index contributed by atoms with van der Waals surface area (Å²) in [7, 11) is 0. The quantitative estimate of drug-likeness (QED) is 0.832. The van der Waals surface area contributed by atoms with Gasteiger partial charge in [0.2, 0.25) is 0 Å². The van der Waals surface area contributed by atoms with E-state index in [1.165, 1.54) is 24.0 Å². The SMILES string of the molecule is CCNC1CCCc2c(OCCC(C)C)cccc21. The highest BCUT2D eigenvalue weighted by molar-refractivity contribution is 5.43. The second kappa shape index (κ2) is 6.95. The molecule has 1 atom stereocenters. The molecule has 1 unspecified atom stereocenters. The lowest BCUT2D eigenvalue weighted by atomic mass is 9.87. The molecule has 1 aromatic carbocycles. The smallest absolute Gasteiger partial charge is 0.122 e. The molecule has 1 aliphatic carbocycles. The van der Waals surface area contributed by atoms with Crippen molar-refractivity contribution in [2.75, 3.05) is 13.2 Å². The van der Waals surface area contributed by atoms with Crippen LogP contribution < -0.4 is 10.1 Å². The molecule has 1 N–H and O–H groups in total. The Labute approximate surface area is 117 Å². The monoisotopic (exact) mass is 261 g/mol. The Kier molecular flexibility index (Phi) is 5.26. The molecule has 1 aromatic rings. The van der Waals surface area contributed by atoms with Gasteiger partial charge in [0.1, 0.15) is 5.75 Å². The van der Waals surface area contributed by atoms with Crippen LogP contribution in [-0.4, -0.2) is 13.2 Å². The lowest BCUT2D eigenvalue weighted by Gasteiger charge is -2.27. The number of fused-ring (bicyclic) bond motifs is 1. The summed E-state index contributed by atoms with van der Waals surface area (Å²) in [4.78, 5) is 0. The Morgan fingerprint density at radius 3 is 2.95 bits per heavy atom. The largest absolute Gasteiger partial charge is 0.493 e. The van der Waals surface area contributed by atoms with Crippen molar-refractivity contribution in [3.63, 3.8) is 0 Å². The summed E-state index contributed by atoms with van der Waals surface area (Å²) >= 11 is 0. The van der Waals surface area contributed by atoms with Gasteiger partial charge in [-0.05, 0) is 55.3 Å². The minimum Gasteiger partial charge on any atom is -0.493 e. The lowest BCUT2D eigenvalue weighted by molar-refractivity contribution is 0.284. The van der Waals surface area contributed by atoms with Crippen LogP contribution in [0.5, 0.6) is 5.75 Å². The molecule has 2 nitrogen and oxygen atoms in total.